The number of nitrogens with two attached hydrogens (primary N) is 1. The smallest absolute Gasteiger partial charge is 0.225 e. The Morgan fingerprint density at radius 1 is 1.47 bits per heavy atom. The SMILES string of the molecule is COC(CN)CC(=O)N(C)C(C)c1ccccc1O. The van der Waals surface area contributed by atoms with Crippen LogP contribution in [0, 0.1) is 0 Å². The number of aromatic hydroxyl groups is 1. The zero-order valence-corrected chi connectivity index (χ0v) is 11.7. The van der Waals surface area contributed by atoms with Crippen molar-refractivity contribution in [2.24, 2.45) is 5.73 Å². The molecular weight excluding hydrogens is 244 g/mol. The molecule has 3 N–H and O–H groups in total. The molecule has 0 aliphatic heterocycles. The molecule has 106 valence electrons. The first-order valence-electron chi connectivity index (χ1n) is 6.27. The van der Waals surface area contributed by atoms with Crippen LogP contribution in [0.2, 0.25) is 0 Å². The maximum atomic E-state index is 12.1. The summed E-state index contributed by atoms with van der Waals surface area (Å²) in [6.07, 6.45) is -0.0342. The molecule has 0 aliphatic rings. The molecule has 0 radical (unpaired) electrons. The number of para-hydroxylation sites is 1. The van der Waals surface area contributed by atoms with Gasteiger partial charge in [-0.2, -0.15) is 0 Å². The second-order valence-electron chi connectivity index (χ2n) is 4.54. The number of ether oxygens (including phenoxy) is 1. The number of benzene rings is 1. The maximum absolute atomic E-state index is 12.1. The van der Waals surface area contributed by atoms with Crippen LogP contribution in [0.25, 0.3) is 0 Å². The molecule has 0 fully saturated rings. The highest BCUT2D eigenvalue weighted by Gasteiger charge is 2.22. The summed E-state index contributed by atoms with van der Waals surface area (Å²) >= 11 is 0. The summed E-state index contributed by atoms with van der Waals surface area (Å²) in [5.74, 6) is 0.129. The first kappa shape index (κ1) is 15.5. The summed E-state index contributed by atoms with van der Waals surface area (Å²) in [6, 6.07) is 6.80. The van der Waals surface area contributed by atoms with E-state index in [1.165, 1.54) is 7.11 Å². The number of methoxy groups -OCH3 is 1. The van der Waals surface area contributed by atoms with E-state index in [4.69, 9.17) is 10.5 Å². The number of carbonyl (C=O) groups excluding carboxylic acids is 1. The van der Waals surface area contributed by atoms with Gasteiger partial charge in [0.2, 0.25) is 5.91 Å². The third-order valence-corrected chi connectivity index (χ3v) is 3.36. The minimum Gasteiger partial charge on any atom is -0.508 e. The van der Waals surface area contributed by atoms with Gasteiger partial charge in [0.25, 0.3) is 0 Å². The van der Waals surface area contributed by atoms with Gasteiger partial charge in [-0.15, -0.1) is 0 Å². The molecule has 5 nitrogen and oxygen atoms in total. The monoisotopic (exact) mass is 266 g/mol. The summed E-state index contributed by atoms with van der Waals surface area (Å²) in [5.41, 5.74) is 6.23. The third-order valence-electron chi connectivity index (χ3n) is 3.36. The molecule has 1 aromatic rings. The van der Waals surface area contributed by atoms with Crippen molar-refractivity contribution in [1.82, 2.24) is 4.90 Å². The van der Waals surface area contributed by atoms with Gasteiger partial charge >= 0.3 is 0 Å². The second kappa shape index (κ2) is 7.11. The molecule has 0 aliphatic carbocycles. The summed E-state index contributed by atoms with van der Waals surface area (Å²) in [4.78, 5) is 13.7. The second-order valence-corrected chi connectivity index (χ2v) is 4.54. The first-order chi connectivity index (χ1) is 9.01. The van der Waals surface area contributed by atoms with Crippen molar-refractivity contribution in [1.29, 1.82) is 0 Å². The van der Waals surface area contributed by atoms with Gasteiger partial charge in [-0.3, -0.25) is 4.79 Å². The van der Waals surface area contributed by atoms with Crippen LogP contribution in [0.4, 0.5) is 0 Å². The van der Waals surface area contributed by atoms with E-state index in [9.17, 15) is 9.90 Å². The molecule has 2 unspecified atom stereocenters. The lowest BCUT2D eigenvalue weighted by atomic mass is 10.1. The minimum atomic E-state index is -0.272. The van der Waals surface area contributed by atoms with Crippen molar-refractivity contribution < 1.29 is 14.6 Å². The van der Waals surface area contributed by atoms with Crippen molar-refractivity contribution in [3.8, 4) is 5.75 Å². The quantitative estimate of drug-likeness (QED) is 0.813. The Morgan fingerprint density at radius 2 is 2.11 bits per heavy atom. The van der Waals surface area contributed by atoms with E-state index in [1.54, 1.807) is 30.1 Å². The number of amides is 1. The number of rotatable bonds is 6. The Kier molecular flexibility index (Phi) is 5.79. The number of hydrogen-bond acceptors (Lipinski definition) is 4. The van der Waals surface area contributed by atoms with E-state index >= 15 is 0 Å². The number of hydrogen-bond donors (Lipinski definition) is 2. The van der Waals surface area contributed by atoms with E-state index in [2.05, 4.69) is 0 Å². The molecule has 5 heteroatoms. The van der Waals surface area contributed by atoms with Crippen LogP contribution >= 0.6 is 0 Å². The zero-order valence-electron chi connectivity index (χ0n) is 11.7. The standard InChI is InChI=1S/C14H22N2O3/c1-10(12-6-4-5-7-13(12)17)16(2)14(18)8-11(9-15)19-3/h4-7,10-11,17H,8-9,15H2,1-3H3. The molecule has 0 spiro atoms. The fraction of sp³-hybridized carbons (Fsp3) is 0.500. The Balaban J connectivity index is 2.74. The topological polar surface area (TPSA) is 75.8 Å². The highest BCUT2D eigenvalue weighted by molar-refractivity contribution is 5.77. The van der Waals surface area contributed by atoms with Crippen LogP contribution in [-0.4, -0.2) is 42.7 Å². The van der Waals surface area contributed by atoms with Crippen LogP contribution < -0.4 is 5.73 Å². The first-order valence-corrected chi connectivity index (χ1v) is 6.27. The highest BCUT2D eigenvalue weighted by Crippen LogP contribution is 2.27. The van der Waals surface area contributed by atoms with Crippen molar-refractivity contribution in [3.63, 3.8) is 0 Å². The average Bonchev–Trinajstić information content (AvgIpc) is 2.43. The fourth-order valence-corrected chi connectivity index (χ4v) is 1.87. The van der Waals surface area contributed by atoms with Crippen LogP contribution in [0.5, 0.6) is 5.75 Å². The Hall–Kier alpha value is -1.59. The molecule has 0 saturated heterocycles. The summed E-state index contributed by atoms with van der Waals surface area (Å²) in [7, 11) is 3.25. The van der Waals surface area contributed by atoms with Crippen molar-refractivity contribution in [2.45, 2.75) is 25.5 Å². The summed E-state index contributed by atoms with van der Waals surface area (Å²) < 4.78 is 5.11. The lowest BCUT2D eigenvalue weighted by Crippen LogP contribution is -2.35. The Labute approximate surface area is 114 Å². The van der Waals surface area contributed by atoms with Gasteiger partial charge in [-0.25, -0.2) is 0 Å². The number of phenols is 1. The normalized spacial score (nSPS) is 13.9. The van der Waals surface area contributed by atoms with Gasteiger partial charge in [-0.05, 0) is 13.0 Å². The zero-order chi connectivity index (χ0) is 14.4. The van der Waals surface area contributed by atoms with Gasteiger partial charge in [0.1, 0.15) is 5.75 Å². The van der Waals surface area contributed by atoms with E-state index < -0.39 is 0 Å². The molecule has 0 aromatic heterocycles. The summed E-state index contributed by atoms with van der Waals surface area (Å²) in [6.45, 7) is 2.18. The highest BCUT2D eigenvalue weighted by atomic mass is 16.5. The predicted octanol–water partition coefficient (Wildman–Crippen LogP) is 1.28. The van der Waals surface area contributed by atoms with Crippen molar-refractivity contribution in [3.05, 3.63) is 29.8 Å². The molecule has 1 amide bonds. The van der Waals surface area contributed by atoms with Gasteiger partial charge in [0.05, 0.1) is 18.6 Å². The van der Waals surface area contributed by atoms with E-state index in [0.717, 1.165) is 5.56 Å². The van der Waals surface area contributed by atoms with Crippen LogP contribution in [-0.2, 0) is 9.53 Å². The van der Waals surface area contributed by atoms with E-state index in [1.807, 2.05) is 13.0 Å². The van der Waals surface area contributed by atoms with Gasteiger partial charge in [-0.1, -0.05) is 18.2 Å². The minimum absolute atomic E-state index is 0.0620. The predicted molar refractivity (Wildman–Crippen MR) is 73.8 cm³/mol. The van der Waals surface area contributed by atoms with Crippen LogP contribution in [0.3, 0.4) is 0 Å². The molecule has 0 bridgehead atoms. The lowest BCUT2D eigenvalue weighted by molar-refractivity contribution is -0.134. The number of nitrogens with zero attached hydrogens (tertiary/aromatic N) is 1. The van der Waals surface area contributed by atoms with Gasteiger partial charge in [0, 0.05) is 26.3 Å². The van der Waals surface area contributed by atoms with Gasteiger partial charge in [0.15, 0.2) is 0 Å². The van der Waals surface area contributed by atoms with Crippen LogP contribution in [0.1, 0.15) is 24.9 Å². The number of phenolic OH excluding ortho intramolecular Hbond substituents is 1. The Morgan fingerprint density at radius 3 is 2.63 bits per heavy atom. The van der Waals surface area contributed by atoms with Crippen molar-refractivity contribution >= 4 is 5.91 Å². The molecule has 1 aromatic carbocycles. The molecule has 19 heavy (non-hydrogen) atoms. The summed E-state index contributed by atoms with van der Waals surface area (Å²) in [5, 5.41) is 9.80. The Bertz CT molecular complexity index is 419. The maximum Gasteiger partial charge on any atom is 0.225 e. The third kappa shape index (κ3) is 3.94. The molecule has 0 heterocycles. The molecular formula is C14H22N2O3. The van der Waals surface area contributed by atoms with E-state index in [-0.39, 0.29) is 30.2 Å². The van der Waals surface area contributed by atoms with Crippen LogP contribution in [0.15, 0.2) is 24.3 Å². The molecule has 0 saturated carbocycles. The molecule has 2 atom stereocenters. The fourth-order valence-electron chi connectivity index (χ4n) is 1.87. The average molecular weight is 266 g/mol. The van der Waals surface area contributed by atoms with Crippen molar-refractivity contribution in [2.75, 3.05) is 20.7 Å². The van der Waals surface area contributed by atoms with E-state index in [0.29, 0.717) is 6.54 Å². The van der Waals surface area contributed by atoms with Gasteiger partial charge < -0.3 is 20.5 Å². The largest absolute Gasteiger partial charge is 0.508 e. The number of carbonyl (C=O) groups is 1. The molecule has 1 rings (SSSR count). The lowest BCUT2D eigenvalue weighted by Gasteiger charge is -2.27.